The highest BCUT2D eigenvalue weighted by atomic mass is 35.5. The van der Waals surface area contributed by atoms with Crippen molar-refractivity contribution in [3.63, 3.8) is 0 Å². The van der Waals surface area contributed by atoms with E-state index in [9.17, 15) is 4.79 Å². The molecule has 0 spiro atoms. The Bertz CT molecular complexity index is 192. The lowest BCUT2D eigenvalue weighted by Crippen LogP contribution is -2.44. The number of carbonyl (C=O) groups is 1. The number of hydrogen-bond acceptors (Lipinski definition) is 1. The monoisotopic (exact) mass is 223 g/mol. The van der Waals surface area contributed by atoms with Crippen LogP contribution in [0.4, 0.5) is 0 Å². The average Bonchev–Trinajstić information content (AvgIpc) is 2.03. The van der Waals surface area contributed by atoms with Gasteiger partial charge in [-0.2, -0.15) is 0 Å². The summed E-state index contributed by atoms with van der Waals surface area (Å²) in [6, 6.07) is 0. The molecule has 0 aromatic rings. The van der Waals surface area contributed by atoms with E-state index in [0.717, 1.165) is 25.9 Å². The van der Waals surface area contributed by atoms with Gasteiger partial charge in [0.2, 0.25) is 0 Å². The Balaban J connectivity index is 2.50. The van der Waals surface area contributed by atoms with Gasteiger partial charge >= 0.3 is 0 Å². The molecule has 0 bridgehead atoms. The molecule has 0 radical (unpaired) electrons. The molecule has 1 amide bonds. The van der Waals surface area contributed by atoms with Crippen LogP contribution in [-0.4, -0.2) is 28.2 Å². The van der Waals surface area contributed by atoms with Gasteiger partial charge in [0.25, 0.3) is 5.91 Å². The van der Waals surface area contributed by atoms with Gasteiger partial charge in [0, 0.05) is 13.1 Å². The number of amides is 1. The fraction of sp³-hybridized carbons (Fsp3) is 0.889. The second-order valence-electron chi connectivity index (χ2n) is 3.86. The Kier molecular flexibility index (Phi) is 3.47. The van der Waals surface area contributed by atoms with E-state index in [1.165, 1.54) is 6.92 Å². The van der Waals surface area contributed by atoms with Crippen LogP contribution in [0.25, 0.3) is 0 Å². The third-order valence-electron chi connectivity index (χ3n) is 2.45. The lowest BCUT2D eigenvalue weighted by molar-refractivity contribution is -0.132. The van der Waals surface area contributed by atoms with Crippen LogP contribution in [0.5, 0.6) is 0 Å². The highest BCUT2D eigenvalue weighted by Gasteiger charge is 2.33. The zero-order chi connectivity index (χ0) is 10.1. The topological polar surface area (TPSA) is 20.3 Å². The molecule has 0 aliphatic carbocycles. The predicted molar refractivity (Wildman–Crippen MR) is 55.1 cm³/mol. The van der Waals surface area contributed by atoms with Crippen molar-refractivity contribution in [2.45, 2.75) is 31.0 Å². The Morgan fingerprint density at radius 3 is 2.23 bits per heavy atom. The van der Waals surface area contributed by atoms with Crippen molar-refractivity contribution in [3.05, 3.63) is 0 Å². The van der Waals surface area contributed by atoms with Crippen LogP contribution >= 0.6 is 23.2 Å². The maximum atomic E-state index is 11.6. The Labute approximate surface area is 89.2 Å². The van der Waals surface area contributed by atoms with E-state index in [1.807, 2.05) is 0 Å². The van der Waals surface area contributed by atoms with E-state index in [4.69, 9.17) is 23.2 Å². The quantitative estimate of drug-likeness (QED) is 0.626. The van der Waals surface area contributed by atoms with E-state index in [0.29, 0.717) is 5.92 Å². The first-order valence-electron chi connectivity index (χ1n) is 4.58. The van der Waals surface area contributed by atoms with Crippen molar-refractivity contribution < 1.29 is 4.79 Å². The lowest BCUT2D eigenvalue weighted by Gasteiger charge is -2.32. The van der Waals surface area contributed by atoms with Crippen LogP contribution in [0.2, 0.25) is 0 Å². The van der Waals surface area contributed by atoms with Crippen LogP contribution in [0.1, 0.15) is 26.7 Å². The fourth-order valence-corrected chi connectivity index (χ4v) is 1.73. The summed E-state index contributed by atoms with van der Waals surface area (Å²) >= 11 is 11.5. The van der Waals surface area contributed by atoms with Crippen LogP contribution in [0.15, 0.2) is 0 Å². The van der Waals surface area contributed by atoms with E-state index < -0.39 is 4.33 Å². The first kappa shape index (κ1) is 11.1. The minimum atomic E-state index is -1.26. The van der Waals surface area contributed by atoms with Gasteiger partial charge in [-0.3, -0.25) is 4.79 Å². The molecule has 0 aromatic carbocycles. The van der Waals surface area contributed by atoms with Crippen molar-refractivity contribution in [2.75, 3.05) is 13.1 Å². The maximum Gasteiger partial charge on any atom is 0.258 e. The molecule has 76 valence electrons. The number of likely N-dealkylation sites (tertiary alicyclic amines) is 1. The Morgan fingerprint density at radius 2 is 1.85 bits per heavy atom. The van der Waals surface area contributed by atoms with E-state index >= 15 is 0 Å². The molecule has 0 saturated carbocycles. The zero-order valence-corrected chi connectivity index (χ0v) is 9.53. The lowest BCUT2D eigenvalue weighted by atomic mass is 9.99. The SMILES string of the molecule is CC1CCN(C(=O)C(C)(Cl)Cl)CC1. The van der Waals surface area contributed by atoms with Crippen molar-refractivity contribution in [1.29, 1.82) is 0 Å². The molecular weight excluding hydrogens is 209 g/mol. The summed E-state index contributed by atoms with van der Waals surface area (Å²) in [7, 11) is 0. The number of hydrogen-bond donors (Lipinski definition) is 0. The molecule has 1 aliphatic heterocycles. The zero-order valence-electron chi connectivity index (χ0n) is 8.02. The summed E-state index contributed by atoms with van der Waals surface area (Å²) in [5.74, 6) is 0.545. The van der Waals surface area contributed by atoms with E-state index in [-0.39, 0.29) is 5.91 Å². The predicted octanol–water partition coefficient (Wildman–Crippen LogP) is 2.44. The number of alkyl halides is 2. The van der Waals surface area contributed by atoms with Crippen molar-refractivity contribution in [1.82, 2.24) is 4.90 Å². The first-order valence-corrected chi connectivity index (χ1v) is 5.34. The van der Waals surface area contributed by atoms with Gasteiger partial charge in [-0.15, -0.1) is 0 Å². The molecule has 1 rings (SSSR count). The van der Waals surface area contributed by atoms with Crippen LogP contribution in [0, 0.1) is 5.92 Å². The van der Waals surface area contributed by atoms with Crippen molar-refractivity contribution in [2.24, 2.45) is 5.92 Å². The third kappa shape index (κ3) is 3.03. The second-order valence-corrected chi connectivity index (χ2v) is 5.57. The van der Waals surface area contributed by atoms with Gasteiger partial charge in [0.1, 0.15) is 0 Å². The number of piperidine rings is 1. The highest BCUT2D eigenvalue weighted by molar-refractivity contribution is 6.57. The molecule has 0 unspecified atom stereocenters. The molecular formula is C9H15Cl2NO. The fourth-order valence-electron chi connectivity index (χ4n) is 1.49. The molecule has 0 aromatic heterocycles. The molecule has 1 heterocycles. The summed E-state index contributed by atoms with van der Waals surface area (Å²) in [5, 5.41) is 0. The van der Waals surface area contributed by atoms with Crippen LogP contribution in [0.3, 0.4) is 0 Å². The van der Waals surface area contributed by atoms with Crippen molar-refractivity contribution in [3.8, 4) is 0 Å². The first-order chi connectivity index (χ1) is 5.91. The summed E-state index contributed by atoms with van der Waals surface area (Å²) in [4.78, 5) is 13.3. The number of halogens is 2. The minimum absolute atomic E-state index is 0.164. The highest BCUT2D eigenvalue weighted by Crippen LogP contribution is 2.25. The maximum absolute atomic E-state index is 11.6. The van der Waals surface area contributed by atoms with Gasteiger partial charge < -0.3 is 4.90 Å². The van der Waals surface area contributed by atoms with E-state index in [1.54, 1.807) is 4.90 Å². The van der Waals surface area contributed by atoms with Crippen LogP contribution < -0.4 is 0 Å². The van der Waals surface area contributed by atoms with E-state index in [2.05, 4.69) is 6.92 Å². The van der Waals surface area contributed by atoms with Crippen LogP contribution in [-0.2, 0) is 4.79 Å². The number of rotatable bonds is 1. The molecule has 4 heteroatoms. The molecule has 1 saturated heterocycles. The van der Waals surface area contributed by atoms with Gasteiger partial charge in [0.05, 0.1) is 0 Å². The van der Waals surface area contributed by atoms with Gasteiger partial charge in [-0.25, -0.2) is 0 Å². The minimum Gasteiger partial charge on any atom is -0.340 e. The third-order valence-corrected chi connectivity index (χ3v) is 2.77. The molecule has 0 atom stereocenters. The largest absolute Gasteiger partial charge is 0.340 e. The number of nitrogens with zero attached hydrogens (tertiary/aromatic N) is 1. The normalized spacial score (nSPS) is 20.5. The van der Waals surface area contributed by atoms with Crippen molar-refractivity contribution >= 4 is 29.1 Å². The summed E-state index contributed by atoms with van der Waals surface area (Å²) < 4.78 is -1.26. The molecule has 2 nitrogen and oxygen atoms in total. The van der Waals surface area contributed by atoms with Gasteiger partial charge in [-0.1, -0.05) is 30.1 Å². The smallest absolute Gasteiger partial charge is 0.258 e. The summed E-state index contributed by atoms with van der Waals surface area (Å²) in [6.45, 7) is 5.29. The Morgan fingerprint density at radius 1 is 1.38 bits per heavy atom. The van der Waals surface area contributed by atoms with Gasteiger partial charge in [-0.05, 0) is 25.7 Å². The molecule has 1 aliphatic rings. The summed E-state index contributed by atoms with van der Waals surface area (Å²) in [6.07, 6.45) is 2.10. The summed E-state index contributed by atoms with van der Waals surface area (Å²) in [5.41, 5.74) is 0. The Hall–Kier alpha value is 0.0500. The van der Waals surface area contributed by atoms with Gasteiger partial charge in [0.15, 0.2) is 4.33 Å². The molecule has 1 fully saturated rings. The average molecular weight is 224 g/mol. The number of carbonyl (C=O) groups excluding carboxylic acids is 1. The molecule has 13 heavy (non-hydrogen) atoms. The standard InChI is InChI=1S/C9H15Cl2NO/c1-7-3-5-12(6-4-7)8(13)9(2,10)11/h7H,3-6H2,1-2H3. The second kappa shape index (κ2) is 4.05. The molecule has 0 N–H and O–H groups in total.